The molecule has 12 heavy (non-hydrogen) atoms. The number of rotatable bonds is 6. The molecular formula is C10H24Sn2. The molecule has 0 saturated carbocycles. The molecule has 0 heterocycles. The van der Waals surface area contributed by atoms with Crippen molar-refractivity contribution in [2.24, 2.45) is 0 Å². The van der Waals surface area contributed by atoms with Gasteiger partial charge in [-0.3, -0.25) is 0 Å². The minimum absolute atomic E-state index is 0.149. The van der Waals surface area contributed by atoms with E-state index in [9.17, 15) is 0 Å². The van der Waals surface area contributed by atoms with Crippen LogP contribution in [0, 0.1) is 0 Å². The van der Waals surface area contributed by atoms with Gasteiger partial charge in [-0.25, -0.2) is 0 Å². The Labute approximate surface area is 99.7 Å². The van der Waals surface area contributed by atoms with E-state index in [1.807, 2.05) is 0 Å². The Morgan fingerprint density at radius 3 is 1.42 bits per heavy atom. The second-order valence-electron chi connectivity index (χ2n) is 2.96. The Morgan fingerprint density at radius 1 is 0.833 bits per heavy atom. The Balaban J connectivity index is 0. The summed E-state index contributed by atoms with van der Waals surface area (Å²) >= 11 is 0.379. The zero-order valence-electron chi connectivity index (χ0n) is 9.24. The SMILES string of the molecule is CCC[CH2][Sn][CH2]CCC.[CH3][Sn][CH3]. The molecule has 2 heteroatoms. The first-order chi connectivity index (χ1) is 5.83. The van der Waals surface area contributed by atoms with E-state index in [4.69, 9.17) is 0 Å². The van der Waals surface area contributed by atoms with Crippen molar-refractivity contribution in [2.75, 3.05) is 0 Å². The molecule has 0 rings (SSSR count). The van der Waals surface area contributed by atoms with Gasteiger partial charge in [0.1, 0.15) is 0 Å². The Morgan fingerprint density at radius 2 is 1.17 bits per heavy atom. The van der Waals surface area contributed by atoms with Crippen molar-refractivity contribution in [3.05, 3.63) is 0 Å². The first kappa shape index (κ1) is 16.0. The average Bonchev–Trinajstić information content (AvgIpc) is 2.06. The number of unbranched alkanes of at least 4 members (excludes halogenated alkanes) is 2. The second kappa shape index (κ2) is 18.4. The average molecular weight is 382 g/mol. The van der Waals surface area contributed by atoms with E-state index in [1.165, 1.54) is 25.7 Å². The fourth-order valence-electron chi connectivity index (χ4n) is 0.729. The van der Waals surface area contributed by atoms with Gasteiger partial charge in [0.25, 0.3) is 0 Å². The van der Waals surface area contributed by atoms with Crippen LogP contribution in [0.5, 0.6) is 0 Å². The molecule has 0 atom stereocenters. The summed E-state index contributed by atoms with van der Waals surface area (Å²) in [6.07, 6.45) is 5.84. The summed E-state index contributed by atoms with van der Waals surface area (Å²) in [5.41, 5.74) is 0. The van der Waals surface area contributed by atoms with Crippen molar-refractivity contribution in [3.63, 3.8) is 0 Å². The molecule has 0 bridgehead atoms. The van der Waals surface area contributed by atoms with Crippen molar-refractivity contribution in [2.45, 2.75) is 58.3 Å². The fourth-order valence-corrected chi connectivity index (χ4v) is 4.89. The molecule has 0 N–H and O–H groups in total. The maximum absolute atomic E-state index is 2.30. The number of hydrogen-bond acceptors (Lipinski definition) is 0. The molecule has 0 nitrogen and oxygen atoms in total. The minimum atomic E-state index is 0.149. The monoisotopic (exact) mass is 384 g/mol. The predicted octanol–water partition coefficient (Wildman–Crippen LogP) is 3.91. The van der Waals surface area contributed by atoms with Crippen molar-refractivity contribution in [1.82, 2.24) is 0 Å². The van der Waals surface area contributed by atoms with Gasteiger partial charge in [0.15, 0.2) is 0 Å². The van der Waals surface area contributed by atoms with E-state index in [-0.39, 0.29) is 42.3 Å². The van der Waals surface area contributed by atoms with Crippen molar-refractivity contribution >= 4 is 42.3 Å². The molecule has 0 spiro atoms. The van der Waals surface area contributed by atoms with Crippen molar-refractivity contribution in [1.29, 1.82) is 0 Å². The molecule has 0 saturated heterocycles. The quantitative estimate of drug-likeness (QED) is 0.483. The molecule has 0 aliphatic rings. The third-order valence-electron chi connectivity index (χ3n) is 1.41. The van der Waals surface area contributed by atoms with E-state index in [0.717, 1.165) is 0 Å². The summed E-state index contributed by atoms with van der Waals surface area (Å²) in [5, 5.41) is 0. The molecule has 4 radical (unpaired) electrons. The molecule has 72 valence electrons. The van der Waals surface area contributed by atoms with Crippen LogP contribution in [0.4, 0.5) is 0 Å². The molecule has 0 unspecified atom stereocenters. The summed E-state index contributed by atoms with van der Waals surface area (Å²) < 4.78 is 3.25. The fraction of sp³-hybridized carbons (Fsp3) is 1.00. The Kier molecular flexibility index (Phi) is 24.6. The van der Waals surface area contributed by atoms with E-state index in [2.05, 4.69) is 23.7 Å². The summed E-state index contributed by atoms with van der Waals surface area (Å²) in [4.78, 5) is 4.59. The molecular weight excluding hydrogens is 358 g/mol. The molecule has 0 aromatic heterocycles. The molecule has 0 aromatic carbocycles. The second-order valence-corrected chi connectivity index (χ2v) is 10.1. The molecule has 0 fully saturated rings. The van der Waals surface area contributed by atoms with Crippen molar-refractivity contribution in [3.8, 4) is 0 Å². The van der Waals surface area contributed by atoms with Crippen LogP contribution in [0.15, 0.2) is 0 Å². The molecule has 0 aromatic rings. The molecule has 0 amide bonds. The van der Waals surface area contributed by atoms with Crippen molar-refractivity contribution < 1.29 is 0 Å². The first-order valence-corrected chi connectivity index (χ1v) is 14.9. The topological polar surface area (TPSA) is 0 Å². The van der Waals surface area contributed by atoms with Gasteiger partial charge in [0.2, 0.25) is 0 Å². The summed E-state index contributed by atoms with van der Waals surface area (Å²) in [6, 6.07) is 0. The van der Waals surface area contributed by atoms with Crippen LogP contribution in [0.25, 0.3) is 0 Å². The van der Waals surface area contributed by atoms with Crippen LogP contribution in [0.2, 0.25) is 18.8 Å². The molecule has 0 aliphatic carbocycles. The van der Waals surface area contributed by atoms with Gasteiger partial charge in [-0.2, -0.15) is 0 Å². The number of hydrogen-bond donors (Lipinski definition) is 0. The van der Waals surface area contributed by atoms with Crippen LogP contribution < -0.4 is 0 Å². The van der Waals surface area contributed by atoms with E-state index >= 15 is 0 Å². The maximum atomic E-state index is 2.30. The van der Waals surface area contributed by atoms with E-state index in [1.54, 1.807) is 8.87 Å². The van der Waals surface area contributed by atoms with Gasteiger partial charge < -0.3 is 0 Å². The van der Waals surface area contributed by atoms with Gasteiger partial charge in [-0.15, -0.1) is 0 Å². The van der Waals surface area contributed by atoms with E-state index in [0.29, 0.717) is 0 Å². The van der Waals surface area contributed by atoms with Gasteiger partial charge in [0.05, 0.1) is 0 Å². The standard InChI is InChI=1S/2C4H9.2CH3.2Sn/c2*1-3-4-2;;;;/h2*1,3-4H2,2H3;2*1H3;;. The summed E-state index contributed by atoms with van der Waals surface area (Å²) in [6.45, 7) is 4.58. The predicted molar refractivity (Wildman–Crippen MR) is 62.7 cm³/mol. The normalized spacial score (nSPS) is 9.00. The van der Waals surface area contributed by atoms with Gasteiger partial charge in [-0.1, -0.05) is 0 Å². The first-order valence-electron chi connectivity index (χ1n) is 5.12. The zero-order chi connectivity index (χ0) is 9.66. The van der Waals surface area contributed by atoms with Gasteiger partial charge >= 0.3 is 101 Å². The Hall–Kier alpha value is 1.60. The third kappa shape index (κ3) is 22.6. The van der Waals surface area contributed by atoms with Gasteiger partial charge in [-0.05, 0) is 0 Å². The third-order valence-corrected chi connectivity index (χ3v) is 5.45. The van der Waals surface area contributed by atoms with E-state index < -0.39 is 0 Å². The zero-order valence-corrected chi connectivity index (χ0v) is 15.0. The van der Waals surface area contributed by atoms with Crippen LogP contribution in [0.1, 0.15) is 39.5 Å². The van der Waals surface area contributed by atoms with Crippen LogP contribution in [-0.2, 0) is 0 Å². The summed E-state index contributed by atoms with van der Waals surface area (Å²) in [7, 11) is 0. The van der Waals surface area contributed by atoms with Gasteiger partial charge in [0, 0.05) is 0 Å². The van der Waals surface area contributed by atoms with Crippen LogP contribution in [-0.4, -0.2) is 42.3 Å². The Bertz CT molecular complexity index is 49.8. The summed E-state index contributed by atoms with van der Waals surface area (Å²) in [5.74, 6) is 0. The van der Waals surface area contributed by atoms with Crippen LogP contribution >= 0.6 is 0 Å². The molecule has 0 aliphatic heterocycles. The van der Waals surface area contributed by atoms with Crippen LogP contribution in [0.3, 0.4) is 0 Å².